The molecule has 0 aliphatic heterocycles. The van der Waals surface area contributed by atoms with Crippen molar-refractivity contribution in [2.24, 2.45) is 7.05 Å². The number of benzene rings is 1. The predicted octanol–water partition coefficient (Wildman–Crippen LogP) is 1.56. The summed E-state index contributed by atoms with van der Waals surface area (Å²) in [4.78, 5) is 11.1. The average Bonchev–Trinajstić information content (AvgIpc) is 3.16. The molecule has 1 aliphatic carbocycles. The number of hydrogen-bond acceptors (Lipinski definition) is 3. The molecule has 1 aliphatic rings. The van der Waals surface area contributed by atoms with Gasteiger partial charge in [-0.3, -0.25) is 4.68 Å². The molecular formula is C15H16N2O3. The van der Waals surface area contributed by atoms with Gasteiger partial charge in [0.25, 0.3) is 0 Å². The SMILES string of the molecule is Cn1nc(-c2ccccc2)cc1C1(C(O)C(=O)O)CC1. The van der Waals surface area contributed by atoms with Crippen molar-refractivity contribution in [3.63, 3.8) is 0 Å². The van der Waals surface area contributed by atoms with Gasteiger partial charge in [-0.15, -0.1) is 0 Å². The van der Waals surface area contributed by atoms with Gasteiger partial charge in [0, 0.05) is 23.7 Å². The molecule has 0 saturated heterocycles. The fourth-order valence-electron chi connectivity index (χ4n) is 2.72. The summed E-state index contributed by atoms with van der Waals surface area (Å²) in [6, 6.07) is 11.6. The van der Waals surface area contributed by atoms with Crippen LogP contribution in [0, 0.1) is 0 Å². The Bertz CT molecular complexity index is 644. The molecule has 1 atom stereocenters. The van der Waals surface area contributed by atoms with Crippen LogP contribution in [-0.2, 0) is 17.3 Å². The van der Waals surface area contributed by atoms with E-state index in [4.69, 9.17) is 5.11 Å². The second-order valence-corrected chi connectivity index (χ2v) is 5.30. The summed E-state index contributed by atoms with van der Waals surface area (Å²) in [5.74, 6) is -1.18. The Morgan fingerprint density at radius 2 is 2.00 bits per heavy atom. The Balaban J connectivity index is 2.01. The molecule has 1 heterocycles. The standard InChI is InChI=1S/C15H16N2O3/c1-17-12(15(7-8-15)13(18)14(19)20)9-11(16-17)10-5-3-2-4-6-10/h2-6,9,13,18H,7-8H2,1H3,(H,19,20). The van der Waals surface area contributed by atoms with Crippen LogP contribution in [0.3, 0.4) is 0 Å². The van der Waals surface area contributed by atoms with Crippen LogP contribution >= 0.6 is 0 Å². The van der Waals surface area contributed by atoms with Gasteiger partial charge in [0.15, 0.2) is 6.10 Å². The summed E-state index contributed by atoms with van der Waals surface area (Å²) in [6.45, 7) is 0. The van der Waals surface area contributed by atoms with Gasteiger partial charge in [-0.25, -0.2) is 4.79 Å². The Morgan fingerprint density at radius 3 is 2.55 bits per heavy atom. The molecule has 1 aromatic heterocycles. The number of carbonyl (C=O) groups is 1. The van der Waals surface area contributed by atoms with Crippen LogP contribution in [0.25, 0.3) is 11.3 Å². The van der Waals surface area contributed by atoms with Crippen LogP contribution in [0.4, 0.5) is 0 Å². The molecule has 5 nitrogen and oxygen atoms in total. The second-order valence-electron chi connectivity index (χ2n) is 5.30. The fourth-order valence-corrected chi connectivity index (χ4v) is 2.72. The maximum Gasteiger partial charge on any atom is 0.333 e. The van der Waals surface area contributed by atoms with Crippen molar-refractivity contribution in [1.29, 1.82) is 0 Å². The zero-order chi connectivity index (χ0) is 14.3. The van der Waals surface area contributed by atoms with Crippen molar-refractivity contribution < 1.29 is 15.0 Å². The zero-order valence-electron chi connectivity index (χ0n) is 11.2. The molecule has 5 heteroatoms. The van der Waals surface area contributed by atoms with E-state index in [2.05, 4.69) is 5.10 Å². The average molecular weight is 272 g/mol. The maximum atomic E-state index is 11.1. The molecule has 0 bridgehead atoms. The predicted molar refractivity (Wildman–Crippen MR) is 73.2 cm³/mol. The van der Waals surface area contributed by atoms with E-state index < -0.39 is 17.5 Å². The van der Waals surface area contributed by atoms with Crippen LogP contribution in [0.2, 0.25) is 0 Å². The van der Waals surface area contributed by atoms with Crippen LogP contribution in [0.15, 0.2) is 36.4 Å². The largest absolute Gasteiger partial charge is 0.479 e. The lowest BCUT2D eigenvalue weighted by Crippen LogP contribution is -2.35. The smallest absolute Gasteiger partial charge is 0.333 e. The van der Waals surface area contributed by atoms with Gasteiger partial charge in [-0.05, 0) is 18.9 Å². The first kappa shape index (κ1) is 12.9. The number of aliphatic hydroxyl groups excluding tert-OH is 1. The van der Waals surface area contributed by atoms with Gasteiger partial charge in [0.1, 0.15) is 0 Å². The summed E-state index contributed by atoms with van der Waals surface area (Å²) in [7, 11) is 1.79. The number of aliphatic carboxylic acids is 1. The molecule has 3 rings (SSSR count). The van der Waals surface area contributed by atoms with E-state index >= 15 is 0 Å². The molecule has 1 fully saturated rings. The lowest BCUT2D eigenvalue weighted by molar-refractivity contribution is -0.148. The van der Waals surface area contributed by atoms with E-state index in [0.29, 0.717) is 12.8 Å². The molecule has 1 unspecified atom stereocenters. The molecule has 2 aromatic rings. The maximum absolute atomic E-state index is 11.1. The number of aromatic nitrogens is 2. The summed E-state index contributed by atoms with van der Waals surface area (Å²) in [5, 5.41) is 23.4. The Labute approximate surface area is 116 Å². The van der Waals surface area contributed by atoms with E-state index in [1.165, 1.54) is 0 Å². The number of carboxylic acid groups (broad SMARTS) is 1. The molecule has 1 aromatic carbocycles. The van der Waals surface area contributed by atoms with Gasteiger partial charge in [0.2, 0.25) is 0 Å². The van der Waals surface area contributed by atoms with E-state index in [-0.39, 0.29) is 0 Å². The second kappa shape index (κ2) is 4.45. The van der Waals surface area contributed by atoms with E-state index in [9.17, 15) is 9.90 Å². The minimum Gasteiger partial charge on any atom is -0.479 e. The highest BCUT2D eigenvalue weighted by atomic mass is 16.4. The first-order valence-electron chi connectivity index (χ1n) is 6.55. The minimum atomic E-state index is -1.37. The molecule has 2 N–H and O–H groups in total. The highest BCUT2D eigenvalue weighted by molar-refractivity contribution is 5.75. The monoisotopic (exact) mass is 272 g/mol. The molecule has 20 heavy (non-hydrogen) atoms. The van der Waals surface area contributed by atoms with Crippen LogP contribution < -0.4 is 0 Å². The first-order valence-corrected chi connectivity index (χ1v) is 6.55. The summed E-state index contributed by atoms with van der Waals surface area (Å²) in [6.07, 6.45) is -0.0239. The zero-order valence-corrected chi connectivity index (χ0v) is 11.2. The molecule has 104 valence electrons. The van der Waals surface area contributed by atoms with Crippen molar-refractivity contribution in [1.82, 2.24) is 9.78 Å². The lowest BCUT2D eigenvalue weighted by Gasteiger charge is -2.18. The number of nitrogens with zero attached hydrogens (tertiary/aromatic N) is 2. The van der Waals surface area contributed by atoms with Gasteiger partial charge < -0.3 is 10.2 Å². The minimum absolute atomic E-state index is 0.675. The quantitative estimate of drug-likeness (QED) is 0.885. The van der Waals surface area contributed by atoms with Crippen molar-refractivity contribution in [3.8, 4) is 11.3 Å². The van der Waals surface area contributed by atoms with Crippen molar-refractivity contribution >= 4 is 5.97 Å². The van der Waals surface area contributed by atoms with Crippen molar-refractivity contribution in [2.75, 3.05) is 0 Å². The van der Waals surface area contributed by atoms with E-state index in [1.807, 2.05) is 36.4 Å². The van der Waals surface area contributed by atoms with Gasteiger partial charge in [-0.2, -0.15) is 5.10 Å². The summed E-state index contributed by atoms with van der Waals surface area (Å²) < 4.78 is 1.68. The van der Waals surface area contributed by atoms with Crippen LogP contribution in [0.1, 0.15) is 18.5 Å². The third-order valence-corrected chi connectivity index (χ3v) is 4.01. The highest BCUT2D eigenvalue weighted by Crippen LogP contribution is 2.51. The third-order valence-electron chi connectivity index (χ3n) is 4.01. The highest BCUT2D eigenvalue weighted by Gasteiger charge is 2.55. The number of aliphatic hydroxyl groups is 1. The van der Waals surface area contributed by atoms with Gasteiger partial charge >= 0.3 is 5.97 Å². The van der Waals surface area contributed by atoms with Crippen LogP contribution in [-0.4, -0.2) is 32.1 Å². The number of hydrogen-bond donors (Lipinski definition) is 2. The van der Waals surface area contributed by atoms with E-state index in [1.54, 1.807) is 11.7 Å². The molecule has 0 amide bonds. The normalized spacial score (nSPS) is 17.7. The molecule has 0 radical (unpaired) electrons. The molecular weight excluding hydrogens is 256 g/mol. The molecule has 0 spiro atoms. The number of rotatable bonds is 4. The summed E-state index contributed by atoms with van der Waals surface area (Å²) in [5.41, 5.74) is 1.88. The van der Waals surface area contributed by atoms with Crippen molar-refractivity contribution in [2.45, 2.75) is 24.4 Å². The lowest BCUT2D eigenvalue weighted by atomic mass is 9.94. The Kier molecular flexibility index (Phi) is 2.87. The number of carboxylic acids is 1. The Morgan fingerprint density at radius 1 is 1.35 bits per heavy atom. The number of aryl methyl sites for hydroxylation is 1. The summed E-state index contributed by atoms with van der Waals surface area (Å²) >= 11 is 0. The van der Waals surface area contributed by atoms with Gasteiger partial charge in [-0.1, -0.05) is 30.3 Å². The molecule has 1 saturated carbocycles. The van der Waals surface area contributed by atoms with Crippen LogP contribution in [0.5, 0.6) is 0 Å². The Hall–Kier alpha value is -2.14. The topological polar surface area (TPSA) is 75.3 Å². The fraction of sp³-hybridized carbons (Fsp3) is 0.333. The van der Waals surface area contributed by atoms with Crippen molar-refractivity contribution in [3.05, 3.63) is 42.1 Å². The van der Waals surface area contributed by atoms with E-state index in [0.717, 1.165) is 17.0 Å². The van der Waals surface area contributed by atoms with Gasteiger partial charge in [0.05, 0.1) is 5.69 Å². The first-order chi connectivity index (χ1) is 9.54. The third kappa shape index (κ3) is 1.91.